The van der Waals surface area contributed by atoms with E-state index in [-0.39, 0.29) is 6.61 Å². The van der Waals surface area contributed by atoms with E-state index in [2.05, 4.69) is 11.1 Å². The van der Waals surface area contributed by atoms with Gasteiger partial charge in [-0.25, -0.2) is 4.98 Å². The molecule has 0 fully saturated rings. The minimum absolute atomic E-state index is 0.0324. The number of aliphatic hydroxyl groups is 1. The van der Waals surface area contributed by atoms with Gasteiger partial charge in [-0.1, -0.05) is 30.0 Å². The number of aromatic nitrogens is 2. The van der Waals surface area contributed by atoms with Crippen LogP contribution >= 0.6 is 11.8 Å². The van der Waals surface area contributed by atoms with E-state index >= 15 is 0 Å². The van der Waals surface area contributed by atoms with Crippen LogP contribution in [0.5, 0.6) is 0 Å². The lowest BCUT2D eigenvalue weighted by molar-refractivity contribution is 0.187. The molecule has 0 aliphatic rings. The molecule has 0 unspecified atom stereocenters. The minimum atomic E-state index is -0.0324. The fourth-order valence-electron chi connectivity index (χ4n) is 2.14. The van der Waals surface area contributed by atoms with Gasteiger partial charge in [0.25, 0.3) is 0 Å². The van der Waals surface area contributed by atoms with Crippen molar-refractivity contribution in [2.24, 2.45) is 0 Å². The Balaban J connectivity index is 2.09. The zero-order valence-corrected chi connectivity index (χ0v) is 13.3. The number of ether oxygens (including phenoxy) is 1. The molecule has 22 heavy (non-hydrogen) atoms. The van der Waals surface area contributed by atoms with Crippen LogP contribution in [0.25, 0.3) is 0 Å². The summed E-state index contributed by atoms with van der Waals surface area (Å²) in [5.74, 6) is 0.676. The van der Waals surface area contributed by atoms with Gasteiger partial charge < -0.3 is 14.4 Å². The Labute approximate surface area is 134 Å². The number of thioether (sulfide) groups is 1. The Hall–Kier alpha value is -1.81. The first-order valence-electron chi connectivity index (χ1n) is 7.05. The van der Waals surface area contributed by atoms with Gasteiger partial charge in [0.15, 0.2) is 5.16 Å². The molecule has 1 aromatic carbocycles. The fraction of sp³-hybridized carbons (Fsp3) is 0.375. The van der Waals surface area contributed by atoms with Crippen LogP contribution in [0.2, 0.25) is 0 Å². The molecule has 116 valence electrons. The van der Waals surface area contributed by atoms with Gasteiger partial charge in [-0.15, -0.1) is 0 Å². The van der Waals surface area contributed by atoms with E-state index in [4.69, 9.17) is 10.00 Å². The third-order valence-corrected chi connectivity index (χ3v) is 4.33. The highest BCUT2D eigenvalue weighted by atomic mass is 32.2. The van der Waals surface area contributed by atoms with E-state index in [1.54, 1.807) is 25.1 Å². The summed E-state index contributed by atoms with van der Waals surface area (Å²) in [5.41, 5.74) is 2.48. The van der Waals surface area contributed by atoms with Gasteiger partial charge >= 0.3 is 0 Å². The molecule has 0 spiro atoms. The molecule has 0 saturated heterocycles. The summed E-state index contributed by atoms with van der Waals surface area (Å²) >= 11 is 1.57. The molecule has 1 heterocycles. The Morgan fingerprint density at radius 2 is 2.23 bits per heavy atom. The van der Waals surface area contributed by atoms with Gasteiger partial charge in [0.1, 0.15) is 0 Å². The molecule has 0 aliphatic carbocycles. The second-order valence-corrected chi connectivity index (χ2v) is 5.69. The zero-order valence-electron chi connectivity index (χ0n) is 12.5. The molecule has 5 nitrogen and oxygen atoms in total. The Bertz CT molecular complexity index is 649. The number of nitrogens with zero attached hydrogens (tertiary/aromatic N) is 3. The van der Waals surface area contributed by atoms with Crippen LogP contribution in [0.15, 0.2) is 35.6 Å². The Morgan fingerprint density at radius 3 is 2.95 bits per heavy atom. The van der Waals surface area contributed by atoms with E-state index < -0.39 is 0 Å². The molecule has 0 atom stereocenters. The van der Waals surface area contributed by atoms with Crippen molar-refractivity contribution in [3.05, 3.63) is 47.3 Å². The third kappa shape index (κ3) is 4.10. The maximum atomic E-state index is 9.41. The zero-order chi connectivity index (χ0) is 15.8. The highest BCUT2D eigenvalue weighted by Crippen LogP contribution is 2.24. The summed E-state index contributed by atoms with van der Waals surface area (Å²) in [6.45, 7) is 1.39. The summed E-state index contributed by atoms with van der Waals surface area (Å²) in [6.07, 6.45) is 2.56. The number of imidazole rings is 1. The molecule has 0 saturated carbocycles. The molecule has 2 rings (SSSR count). The fourth-order valence-corrected chi connectivity index (χ4v) is 3.17. The predicted molar refractivity (Wildman–Crippen MR) is 85.4 cm³/mol. The van der Waals surface area contributed by atoms with E-state index in [0.717, 1.165) is 29.4 Å². The van der Waals surface area contributed by atoms with Crippen molar-refractivity contribution in [3.63, 3.8) is 0 Å². The predicted octanol–water partition coefficient (Wildman–Crippen LogP) is 2.58. The quantitative estimate of drug-likeness (QED) is 0.598. The summed E-state index contributed by atoms with van der Waals surface area (Å²) in [5, 5.41) is 19.4. The van der Waals surface area contributed by atoms with Crippen LogP contribution < -0.4 is 0 Å². The van der Waals surface area contributed by atoms with E-state index in [9.17, 15) is 5.11 Å². The van der Waals surface area contributed by atoms with Gasteiger partial charge in [0.2, 0.25) is 0 Å². The smallest absolute Gasteiger partial charge is 0.168 e. The van der Waals surface area contributed by atoms with Crippen molar-refractivity contribution in [2.75, 3.05) is 13.7 Å². The summed E-state index contributed by atoms with van der Waals surface area (Å²) in [4.78, 5) is 4.38. The van der Waals surface area contributed by atoms with Crippen LogP contribution in [0.4, 0.5) is 0 Å². The van der Waals surface area contributed by atoms with Crippen LogP contribution in [0, 0.1) is 11.3 Å². The van der Waals surface area contributed by atoms with E-state index in [1.807, 2.05) is 28.8 Å². The number of hydrogen-bond acceptors (Lipinski definition) is 5. The first-order valence-corrected chi connectivity index (χ1v) is 8.03. The van der Waals surface area contributed by atoms with Crippen molar-refractivity contribution in [2.45, 2.75) is 30.5 Å². The summed E-state index contributed by atoms with van der Waals surface area (Å²) in [7, 11) is 1.68. The molecule has 0 radical (unpaired) electrons. The molecule has 0 aliphatic heterocycles. The number of rotatable bonds is 8. The van der Waals surface area contributed by atoms with Crippen molar-refractivity contribution in [3.8, 4) is 6.07 Å². The van der Waals surface area contributed by atoms with Crippen LogP contribution in [-0.4, -0.2) is 28.4 Å². The van der Waals surface area contributed by atoms with E-state index in [1.165, 1.54) is 0 Å². The number of nitriles is 1. The Morgan fingerprint density at radius 1 is 1.41 bits per heavy atom. The van der Waals surface area contributed by atoms with Gasteiger partial charge in [-0.2, -0.15) is 5.26 Å². The number of hydrogen-bond donors (Lipinski definition) is 1. The average molecular weight is 317 g/mol. The lowest BCUT2D eigenvalue weighted by Gasteiger charge is -2.10. The molecule has 1 aromatic heterocycles. The number of methoxy groups -OCH3 is 1. The van der Waals surface area contributed by atoms with Crippen molar-refractivity contribution in [1.29, 1.82) is 5.26 Å². The van der Waals surface area contributed by atoms with Gasteiger partial charge in [0.05, 0.1) is 30.1 Å². The standard InChI is InChI=1S/C16H19N3O2S/c1-21-8-4-7-19-15(11-20)10-18-16(19)22-12-14-6-3-2-5-13(14)9-17/h2-3,5-6,10,20H,4,7-8,11-12H2,1H3. The molecule has 6 heteroatoms. The number of aliphatic hydroxyl groups excluding tert-OH is 1. The van der Waals surface area contributed by atoms with E-state index in [0.29, 0.717) is 17.9 Å². The van der Waals surface area contributed by atoms with Crippen LogP contribution in [-0.2, 0) is 23.6 Å². The topological polar surface area (TPSA) is 71.1 Å². The average Bonchev–Trinajstić information content (AvgIpc) is 2.95. The van der Waals surface area contributed by atoms with Gasteiger partial charge in [-0.05, 0) is 18.1 Å². The monoisotopic (exact) mass is 317 g/mol. The van der Waals surface area contributed by atoms with Crippen LogP contribution in [0.3, 0.4) is 0 Å². The Kier molecular flexibility index (Phi) is 6.46. The first-order chi connectivity index (χ1) is 10.8. The van der Waals surface area contributed by atoms with Crippen molar-refractivity contribution >= 4 is 11.8 Å². The number of benzene rings is 1. The van der Waals surface area contributed by atoms with Gasteiger partial charge in [-0.3, -0.25) is 0 Å². The minimum Gasteiger partial charge on any atom is -0.390 e. The lowest BCUT2D eigenvalue weighted by Crippen LogP contribution is -2.07. The summed E-state index contributed by atoms with van der Waals surface area (Å²) in [6, 6.07) is 9.78. The second kappa shape index (κ2) is 8.59. The maximum Gasteiger partial charge on any atom is 0.168 e. The molecular weight excluding hydrogens is 298 g/mol. The maximum absolute atomic E-state index is 9.41. The largest absolute Gasteiger partial charge is 0.390 e. The normalized spacial score (nSPS) is 10.6. The second-order valence-electron chi connectivity index (χ2n) is 4.75. The van der Waals surface area contributed by atoms with Gasteiger partial charge in [0, 0.05) is 26.0 Å². The third-order valence-electron chi connectivity index (χ3n) is 3.29. The molecular formula is C16H19N3O2S. The van der Waals surface area contributed by atoms with Crippen LogP contribution in [0.1, 0.15) is 23.2 Å². The highest BCUT2D eigenvalue weighted by Gasteiger charge is 2.11. The molecule has 0 bridgehead atoms. The molecule has 2 aromatic rings. The van der Waals surface area contributed by atoms with Crippen molar-refractivity contribution < 1.29 is 9.84 Å². The highest BCUT2D eigenvalue weighted by molar-refractivity contribution is 7.98. The SMILES string of the molecule is COCCCn1c(CO)cnc1SCc1ccccc1C#N. The summed E-state index contributed by atoms with van der Waals surface area (Å²) < 4.78 is 7.09. The first kappa shape index (κ1) is 16.6. The molecule has 1 N–H and O–H groups in total. The molecule has 0 amide bonds. The van der Waals surface area contributed by atoms with Crippen molar-refractivity contribution in [1.82, 2.24) is 9.55 Å². The lowest BCUT2D eigenvalue weighted by atomic mass is 10.1.